The van der Waals surface area contributed by atoms with Gasteiger partial charge in [-0.1, -0.05) is 34.8 Å². The van der Waals surface area contributed by atoms with Crippen molar-refractivity contribution in [1.29, 1.82) is 0 Å². The van der Waals surface area contributed by atoms with Gasteiger partial charge in [0.1, 0.15) is 6.61 Å². The quantitative estimate of drug-likeness (QED) is 0.588. The summed E-state index contributed by atoms with van der Waals surface area (Å²) < 4.78 is 3.10. The molecule has 1 radical (unpaired) electrons. The molecule has 1 rings (SSSR count). The Kier molecular flexibility index (Phi) is 10.7. The molecule has 0 aromatic rings. The van der Waals surface area contributed by atoms with Gasteiger partial charge in [-0.15, -0.1) is 0 Å². The number of hydrogen-bond donors (Lipinski definition) is 2. The first-order valence-corrected chi connectivity index (χ1v) is 7.11. The normalized spacial score (nSPS) is 22.6. The van der Waals surface area contributed by atoms with E-state index in [4.69, 9.17) is 44.6 Å². The van der Waals surface area contributed by atoms with Crippen LogP contribution in [-0.4, -0.2) is 85.5 Å². The molecule has 111 valence electrons. The maximum absolute atomic E-state index is 11.3. The Labute approximate surface area is 175 Å². The van der Waals surface area contributed by atoms with Crippen LogP contribution in [0.3, 0.4) is 0 Å². The molecular formula is C11H16Cl3KNO4. The second kappa shape index (κ2) is 10.1. The molecule has 0 heterocycles. The van der Waals surface area contributed by atoms with E-state index in [-0.39, 0.29) is 69.8 Å². The molecule has 1 amide bonds. The molecular weight excluding hydrogens is 356 g/mol. The van der Waals surface area contributed by atoms with E-state index < -0.39 is 15.9 Å². The van der Waals surface area contributed by atoms with Gasteiger partial charge in [0.25, 0.3) is 0 Å². The summed E-state index contributed by atoms with van der Waals surface area (Å²) in [6, 6.07) is 0. The van der Waals surface area contributed by atoms with E-state index in [0.717, 1.165) is 12.8 Å². The molecule has 0 aliphatic heterocycles. The monoisotopic (exact) mass is 370 g/mol. The van der Waals surface area contributed by atoms with Gasteiger partial charge in [-0.3, -0.25) is 4.79 Å². The average Bonchev–Trinajstić information content (AvgIpc) is 2.33. The molecule has 1 saturated carbocycles. The number of ether oxygens (including phenoxy) is 1. The third-order valence-electron chi connectivity index (χ3n) is 3.10. The van der Waals surface area contributed by atoms with Crippen LogP contribution in [0.4, 0.5) is 4.79 Å². The van der Waals surface area contributed by atoms with Crippen LogP contribution in [0, 0.1) is 11.8 Å². The average molecular weight is 372 g/mol. The first-order chi connectivity index (χ1) is 8.78. The Morgan fingerprint density at radius 2 is 1.75 bits per heavy atom. The van der Waals surface area contributed by atoms with Crippen LogP contribution in [0.5, 0.6) is 0 Å². The minimum Gasteiger partial charge on any atom is -0.481 e. The van der Waals surface area contributed by atoms with Crippen molar-refractivity contribution in [2.75, 3.05) is 13.2 Å². The maximum atomic E-state index is 11.3. The Morgan fingerprint density at radius 1 is 1.20 bits per heavy atom. The number of carboxylic acids is 1. The Bertz CT molecular complexity index is 330. The van der Waals surface area contributed by atoms with Gasteiger partial charge in [0.2, 0.25) is 3.79 Å². The molecule has 1 aliphatic carbocycles. The molecule has 2 N–H and O–H groups in total. The van der Waals surface area contributed by atoms with E-state index in [9.17, 15) is 9.59 Å². The van der Waals surface area contributed by atoms with Crippen molar-refractivity contribution in [2.24, 2.45) is 11.8 Å². The van der Waals surface area contributed by atoms with Crippen molar-refractivity contribution in [3.8, 4) is 0 Å². The molecule has 0 atom stereocenters. The van der Waals surface area contributed by atoms with Gasteiger partial charge in [0, 0.05) is 57.9 Å². The number of carbonyl (C=O) groups excluding carboxylic acids is 1. The summed E-state index contributed by atoms with van der Waals surface area (Å²) in [5.74, 6) is -0.725. The number of rotatable bonds is 4. The zero-order valence-corrected chi connectivity index (χ0v) is 16.6. The van der Waals surface area contributed by atoms with Crippen molar-refractivity contribution in [3.05, 3.63) is 0 Å². The molecule has 0 aromatic carbocycles. The van der Waals surface area contributed by atoms with E-state index in [1.807, 2.05) is 0 Å². The van der Waals surface area contributed by atoms with Crippen LogP contribution in [-0.2, 0) is 9.53 Å². The minimum absolute atomic E-state index is 0. The standard InChI is InChI=1S/C11H16Cl3NO4.K/c12-11(13,14)6-19-10(18)15-5-7-1-3-8(4-2-7)9(16)17;/h7-8H,1-6H2,(H,15,18)(H,16,17);. The van der Waals surface area contributed by atoms with Gasteiger partial charge in [-0.25, -0.2) is 4.79 Å². The Hall–Kier alpha value is 1.25. The number of alkyl carbamates (subject to hydrolysis) is 1. The zero-order chi connectivity index (χ0) is 14.5. The summed E-state index contributed by atoms with van der Waals surface area (Å²) in [4.78, 5) is 22.1. The molecule has 5 nitrogen and oxygen atoms in total. The molecule has 0 unspecified atom stereocenters. The van der Waals surface area contributed by atoms with Crippen molar-refractivity contribution < 1.29 is 19.4 Å². The van der Waals surface area contributed by atoms with E-state index in [0.29, 0.717) is 19.4 Å². The first kappa shape index (κ1) is 21.2. The van der Waals surface area contributed by atoms with Gasteiger partial charge < -0.3 is 15.2 Å². The Morgan fingerprint density at radius 3 is 2.20 bits per heavy atom. The molecule has 0 aromatic heterocycles. The van der Waals surface area contributed by atoms with Crippen molar-refractivity contribution in [1.82, 2.24) is 5.32 Å². The summed E-state index contributed by atoms with van der Waals surface area (Å²) in [5.41, 5.74) is 0. The van der Waals surface area contributed by atoms with E-state index in [2.05, 4.69) is 5.32 Å². The molecule has 9 heteroatoms. The zero-order valence-electron chi connectivity index (χ0n) is 11.2. The fraction of sp³-hybridized carbons (Fsp3) is 0.818. The van der Waals surface area contributed by atoms with E-state index >= 15 is 0 Å². The predicted molar refractivity (Wildman–Crippen MR) is 78.5 cm³/mol. The predicted octanol–water partition coefficient (Wildman–Crippen LogP) is 2.59. The number of amides is 1. The summed E-state index contributed by atoms with van der Waals surface area (Å²) in [6.45, 7) is 0.139. The van der Waals surface area contributed by atoms with Crippen molar-refractivity contribution in [3.63, 3.8) is 0 Å². The number of nitrogens with one attached hydrogen (secondary N) is 1. The number of aliphatic carboxylic acids is 1. The van der Waals surface area contributed by atoms with E-state index in [1.165, 1.54) is 0 Å². The largest absolute Gasteiger partial charge is 0.481 e. The Balaban J connectivity index is 0.00000361. The van der Waals surface area contributed by atoms with Crippen LogP contribution in [0.2, 0.25) is 0 Å². The van der Waals surface area contributed by atoms with Crippen LogP contribution in [0.15, 0.2) is 0 Å². The first-order valence-electron chi connectivity index (χ1n) is 5.98. The number of halogens is 3. The topological polar surface area (TPSA) is 75.6 Å². The van der Waals surface area contributed by atoms with Gasteiger partial charge in [0.05, 0.1) is 5.92 Å². The van der Waals surface area contributed by atoms with Crippen molar-refractivity contribution in [2.45, 2.75) is 29.5 Å². The molecule has 0 saturated heterocycles. The van der Waals surface area contributed by atoms with Gasteiger partial charge >= 0.3 is 12.1 Å². The van der Waals surface area contributed by atoms with Crippen LogP contribution < -0.4 is 5.32 Å². The summed E-state index contributed by atoms with van der Waals surface area (Å²) in [6.07, 6.45) is 2.21. The van der Waals surface area contributed by atoms with Crippen LogP contribution >= 0.6 is 34.8 Å². The maximum Gasteiger partial charge on any atom is 0.407 e. The molecule has 20 heavy (non-hydrogen) atoms. The van der Waals surface area contributed by atoms with Gasteiger partial charge in [-0.2, -0.15) is 0 Å². The van der Waals surface area contributed by atoms with Gasteiger partial charge in [-0.05, 0) is 31.6 Å². The smallest absolute Gasteiger partial charge is 0.407 e. The SMILES string of the molecule is O=C(NCC1CCC(C(=O)O)CC1)OCC(Cl)(Cl)Cl.[K]. The molecule has 0 spiro atoms. The summed E-state index contributed by atoms with van der Waals surface area (Å²) in [7, 11) is 0. The third-order valence-corrected chi connectivity index (χ3v) is 3.43. The molecule has 1 fully saturated rings. The number of carboxylic acid groups (broad SMARTS) is 1. The molecule has 1 aliphatic rings. The fourth-order valence-corrected chi connectivity index (χ4v) is 2.20. The van der Waals surface area contributed by atoms with Crippen LogP contribution in [0.1, 0.15) is 25.7 Å². The summed E-state index contributed by atoms with van der Waals surface area (Å²) >= 11 is 16.3. The second-order valence-corrected chi connectivity index (χ2v) is 7.14. The third kappa shape index (κ3) is 9.30. The van der Waals surface area contributed by atoms with Gasteiger partial charge in [0.15, 0.2) is 0 Å². The number of carbonyl (C=O) groups is 2. The second-order valence-electron chi connectivity index (χ2n) is 4.63. The number of hydrogen-bond acceptors (Lipinski definition) is 3. The van der Waals surface area contributed by atoms with E-state index in [1.54, 1.807) is 0 Å². The number of alkyl halides is 3. The van der Waals surface area contributed by atoms with Crippen LogP contribution in [0.25, 0.3) is 0 Å². The molecule has 0 bridgehead atoms. The fourth-order valence-electron chi connectivity index (χ4n) is 2.04. The minimum atomic E-state index is -1.61. The summed E-state index contributed by atoms with van der Waals surface area (Å²) in [5, 5.41) is 11.4. The van der Waals surface area contributed by atoms with Crippen molar-refractivity contribution >= 4 is 98.2 Å².